The molecule has 0 bridgehead atoms. The van der Waals surface area contributed by atoms with Crippen molar-refractivity contribution in [2.75, 3.05) is 5.73 Å². The maximum Gasteiger partial charge on any atom is 0.274 e. The molecular formula is C15H18N4O2. The highest BCUT2D eigenvalue weighted by molar-refractivity contribution is 5.97. The number of aliphatic hydroxyl groups excluding tert-OH is 1. The Labute approximate surface area is 122 Å². The Hall–Kier alpha value is -2.34. The molecule has 6 nitrogen and oxygen atoms in total. The van der Waals surface area contributed by atoms with Crippen LogP contribution in [0.4, 0.5) is 5.69 Å². The van der Waals surface area contributed by atoms with E-state index in [1.165, 1.54) is 0 Å². The maximum atomic E-state index is 12.3. The van der Waals surface area contributed by atoms with Gasteiger partial charge in [-0.15, -0.1) is 0 Å². The van der Waals surface area contributed by atoms with Gasteiger partial charge in [0.15, 0.2) is 5.69 Å². The lowest BCUT2D eigenvalue weighted by atomic mass is 10.1. The number of nitrogens with two attached hydrogens (primary N) is 1. The van der Waals surface area contributed by atoms with Crippen LogP contribution in [0.3, 0.4) is 0 Å². The number of aliphatic hydroxyl groups is 1. The number of rotatable bonds is 3. The van der Waals surface area contributed by atoms with Gasteiger partial charge in [-0.05, 0) is 18.1 Å². The van der Waals surface area contributed by atoms with E-state index in [1.54, 1.807) is 10.9 Å². The van der Waals surface area contributed by atoms with E-state index in [4.69, 9.17) is 5.73 Å². The molecule has 0 saturated heterocycles. The second-order valence-corrected chi connectivity index (χ2v) is 5.21. The van der Waals surface area contributed by atoms with Crippen LogP contribution in [-0.2, 0) is 13.0 Å². The van der Waals surface area contributed by atoms with Gasteiger partial charge in [-0.1, -0.05) is 24.3 Å². The molecule has 2 atom stereocenters. The molecule has 1 amide bonds. The summed E-state index contributed by atoms with van der Waals surface area (Å²) in [5.41, 5.74) is 8.37. The number of aromatic nitrogens is 2. The molecule has 6 heteroatoms. The molecule has 21 heavy (non-hydrogen) atoms. The van der Waals surface area contributed by atoms with Crippen molar-refractivity contribution in [3.05, 3.63) is 47.3 Å². The number of nitrogen functional groups attached to an aromatic ring is 1. The van der Waals surface area contributed by atoms with Crippen molar-refractivity contribution in [2.45, 2.75) is 32.0 Å². The number of nitrogens with one attached hydrogen (secondary N) is 1. The van der Waals surface area contributed by atoms with Crippen LogP contribution >= 0.6 is 0 Å². The number of amides is 1. The van der Waals surface area contributed by atoms with Crippen LogP contribution in [0.2, 0.25) is 0 Å². The Balaban J connectivity index is 1.83. The third-order valence-electron chi connectivity index (χ3n) is 3.82. The predicted octanol–water partition coefficient (Wildman–Crippen LogP) is 0.873. The van der Waals surface area contributed by atoms with E-state index in [9.17, 15) is 9.90 Å². The highest BCUT2D eigenvalue weighted by Crippen LogP contribution is 2.31. The number of hydrogen-bond acceptors (Lipinski definition) is 4. The van der Waals surface area contributed by atoms with E-state index in [1.807, 2.05) is 31.2 Å². The van der Waals surface area contributed by atoms with Crippen molar-refractivity contribution in [1.82, 2.24) is 15.1 Å². The second-order valence-electron chi connectivity index (χ2n) is 5.21. The molecule has 0 unspecified atom stereocenters. The summed E-state index contributed by atoms with van der Waals surface area (Å²) in [5.74, 6) is -0.361. The molecule has 110 valence electrons. The Morgan fingerprint density at radius 2 is 2.29 bits per heavy atom. The third kappa shape index (κ3) is 2.38. The molecule has 1 aromatic heterocycles. The zero-order valence-electron chi connectivity index (χ0n) is 11.8. The molecule has 3 rings (SSSR count). The molecule has 0 fully saturated rings. The lowest BCUT2D eigenvalue weighted by molar-refractivity contribution is 0.0853. The van der Waals surface area contributed by atoms with Crippen molar-refractivity contribution < 1.29 is 9.90 Å². The van der Waals surface area contributed by atoms with Gasteiger partial charge in [-0.3, -0.25) is 9.48 Å². The van der Waals surface area contributed by atoms with Gasteiger partial charge in [0.25, 0.3) is 5.91 Å². The molecule has 1 heterocycles. The average Bonchev–Trinajstić information content (AvgIpc) is 3.00. The van der Waals surface area contributed by atoms with Crippen molar-refractivity contribution in [3.63, 3.8) is 0 Å². The molecule has 0 radical (unpaired) electrons. The second kappa shape index (κ2) is 5.21. The molecule has 0 aliphatic heterocycles. The fourth-order valence-corrected chi connectivity index (χ4v) is 2.73. The first-order valence-electron chi connectivity index (χ1n) is 6.99. The number of fused-ring (bicyclic) bond motifs is 1. The van der Waals surface area contributed by atoms with Gasteiger partial charge in [-0.25, -0.2) is 0 Å². The van der Waals surface area contributed by atoms with Gasteiger partial charge in [0.1, 0.15) is 0 Å². The fraction of sp³-hybridized carbons (Fsp3) is 0.333. The van der Waals surface area contributed by atoms with Crippen molar-refractivity contribution in [2.24, 2.45) is 0 Å². The highest BCUT2D eigenvalue weighted by Gasteiger charge is 2.32. The van der Waals surface area contributed by atoms with Gasteiger partial charge in [0.2, 0.25) is 0 Å². The first-order valence-corrected chi connectivity index (χ1v) is 6.99. The summed E-state index contributed by atoms with van der Waals surface area (Å²) in [7, 11) is 0. The lowest BCUT2D eigenvalue weighted by Gasteiger charge is -2.17. The number of nitrogens with zero attached hydrogens (tertiary/aromatic N) is 2. The van der Waals surface area contributed by atoms with Crippen LogP contribution in [0.5, 0.6) is 0 Å². The van der Waals surface area contributed by atoms with E-state index in [2.05, 4.69) is 10.4 Å². The van der Waals surface area contributed by atoms with Crippen LogP contribution < -0.4 is 11.1 Å². The van der Waals surface area contributed by atoms with Gasteiger partial charge in [0.05, 0.1) is 17.8 Å². The van der Waals surface area contributed by atoms with Crippen molar-refractivity contribution in [1.29, 1.82) is 0 Å². The molecule has 0 spiro atoms. The summed E-state index contributed by atoms with van der Waals surface area (Å²) in [6, 6.07) is 7.29. The molecule has 1 aliphatic rings. The minimum absolute atomic E-state index is 0.202. The Bertz CT molecular complexity index is 680. The maximum absolute atomic E-state index is 12.3. The Morgan fingerprint density at radius 3 is 3.00 bits per heavy atom. The summed E-state index contributed by atoms with van der Waals surface area (Å²) in [5, 5.41) is 17.1. The molecule has 0 saturated carbocycles. The summed E-state index contributed by atoms with van der Waals surface area (Å²) in [6.07, 6.45) is 1.55. The third-order valence-corrected chi connectivity index (χ3v) is 3.82. The first-order chi connectivity index (χ1) is 10.1. The van der Waals surface area contributed by atoms with Crippen LogP contribution in [0.1, 0.15) is 34.6 Å². The van der Waals surface area contributed by atoms with Crippen molar-refractivity contribution in [3.8, 4) is 0 Å². The van der Waals surface area contributed by atoms with E-state index >= 15 is 0 Å². The van der Waals surface area contributed by atoms with Crippen LogP contribution in [0, 0.1) is 0 Å². The first kappa shape index (κ1) is 13.6. The van der Waals surface area contributed by atoms with Gasteiger partial charge in [-0.2, -0.15) is 5.10 Å². The van der Waals surface area contributed by atoms with E-state index < -0.39 is 12.1 Å². The minimum atomic E-state index is -0.624. The number of anilines is 1. The summed E-state index contributed by atoms with van der Waals surface area (Å²) >= 11 is 0. The quantitative estimate of drug-likeness (QED) is 0.780. The number of carbonyl (C=O) groups is 1. The van der Waals surface area contributed by atoms with Crippen molar-refractivity contribution >= 4 is 11.6 Å². The normalized spacial score (nSPS) is 20.3. The minimum Gasteiger partial charge on any atom is -0.396 e. The number of carbonyl (C=O) groups excluding carboxylic acids is 1. The molecule has 4 N–H and O–H groups in total. The topological polar surface area (TPSA) is 93.2 Å². The summed E-state index contributed by atoms with van der Waals surface area (Å²) < 4.78 is 1.61. The number of hydrogen-bond donors (Lipinski definition) is 3. The smallest absolute Gasteiger partial charge is 0.274 e. The zero-order chi connectivity index (χ0) is 15.0. The Kier molecular flexibility index (Phi) is 3.39. The lowest BCUT2D eigenvalue weighted by Crippen LogP contribution is -2.34. The molecule has 1 aliphatic carbocycles. The van der Waals surface area contributed by atoms with E-state index in [-0.39, 0.29) is 11.6 Å². The summed E-state index contributed by atoms with van der Waals surface area (Å²) in [4.78, 5) is 12.3. The largest absolute Gasteiger partial charge is 0.396 e. The molecule has 2 aromatic rings. The average molecular weight is 286 g/mol. The highest BCUT2D eigenvalue weighted by atomic mass is 16.3. The van der Waals surface area contributed by atoms with E-state index in [0.717, 1.165) is 11.1 Å². The van der Waals surface area contributed by atoms with Gasteiger partial charge >= 0.3 is 0 Å². The Morgan fingerprint density at radius 1 is 1.52 bits per heavy atom. The standard InChI is InChI=1S/C15H18N4O2/c1-2-19-8-11(16)14(18-19)15(21)17-13-10-6-4-3-5-9(10)7-12(13)20/h3-6,8,12-13,20H,2,7,16H2,1H3,(H,17,21)/t12-,13+/m1/s1. The zero-order valence-corrected chi connectivity index (χ0v) is 11.8. The monoisotopic (exact) mass is 286 g/mol. The van der Waals surface area contributed by atoms with Gasteiger partial charge in [0, 0.05) is 19.2 Å². The van der Waals surface area contributed by atoms with Crippen LogP contribution in [-0.4, -0.2) is 26.9 Å². The predicted molar refractivity (Wildman–Crippen MR) is 78.7 cm³/mol. The van der Waals surface area contributed by atoms with E-state index in [0.29, 0.717) is 18.7 Å². The van der Waals surface area contributed by atoms with Crippen LogP contribution in [0.25, 0.3) is 0 Å². The number of benzene rings is 1. The van der Waals surface area contributed by atoms with Crippen LogP contribution in [0.15, 0.2) is 30.5 Å². The number of aryl methyl sites for hydroxylation is 1. The summed E-state index contributed by atoms with van der Waals surface area (Å²) in [6.45, 7) is 2.57. The molecule has 1 aromatic carbocycles. The SMILES string of the molecule is CCn1cc(N)c(C(=O)N[C@H]2c3ccccc3C[C@H]2O)n1. The van der Waals surface area contributed by atoms with Gasteiger partial charge < -0.3 is 16.2 Å². The fourth-order valence-electron chi connectivity index (χ4n) is 2.73. The molecular weight excluding hydrogens is 268 g/mol.